The summed E-state index contributed by atoms with van der Waals surface area (Å²) in [7, 11) is -18.7. The van der Waals surface area contributed by atoms with Crippen LogP contribution in [0.4, 0.5) is 0 Å². The normalized spacial score (nSPS) is 39.5. The molecule has 6 atom stereocenters. The van der Waals surface area contributed by atoms with Crippen molar-refractivity contribution in [1.29, 1.82) is 0 Å². The Kier molecular flexibility index (Phi) is 21.4. The SMILES string of the molecule is C[Si]1(CCCOCC2CO2)O[Si](C)(CCCOCC2CO2)O[Si](C)(CCCOCC2CO2)O[Si](C)(CCCOCC2CO2)O[Si](C)(CCCOCC2CO2)O[Si](C)(CCCOCC2CO2)O1. The maximum atomic E-state index is 7.74. The second-order valence-corrected chi connectivity index (χ2v) is 41.7. The number of ether oxygens (including phenoxy) is 12. The van der Waals surface area contributed by atoms with Crippen LogP contribution in [0.25, 0.3) is 0 Å². The van der Waals surface area contributed by atoms with Crippen LogP contribution in [0.3, 0.4) is 0 Å². The minimum Gasteiger partial charge on any atom is -0.416 e. The first kappa shape index (κ1) is 54.4. The molecule has 0 saturated carbocycles. The third kappa shape index (κ3) is 22.1. The van der Waals surface area contributed by atoms with E-state index in [9.17, 15) is 0 Å². The van der Waals surface area contributed by atoms with Crippen molar-refractivity contribution in [2.45, 2.75) is 151 Å². The molecule has 7 saturated heterocycles. The van der Waals surface area contributed by atoms with Crippen LogP contribution in [0.5, 0.6) is 0 Å². The summed E-state index contributed by atoms with van der Waals surface area (Å²) in [4.78, 5) is 0. The lowest BCUT2D eigenvalue weighted by Crippen LogP contribution is -2.67. The molecule has 0 aromatic rings. The van der Waals surface area contributed by atoms with Crippen LogP contribution in [0.1, 0.15) is 38.5 Å². The topological polar surface area (TPSA) is 186 Å². The van der Waals surface area contributed by atoms with Gasteiger partial charge in [-0.3, -0.25) is 0 Å². The van der Waals surface area contributed by atoms with Gasteiger partial charge in [-0.05, 0) is 114 Å². The van der Waals surface area contributed by atoms with Crippen molar-refractivity contribution in [3.8, 4) is 0 Å². The van der Waals surface area contributed by atoms with Crippen LogP contribution in [0.2, 0.25) is 75.5 Å². The van der Waals surface area contributed by atoms with Crippen molar-refractivity contribution in [3.63, 3.8) is 0 Å². The van der Waals surface area contributed by atoms with Crippen molar-refractivity contribution >= 4 is 51.4 Å². The Bertz CT molecular complexity index is 1130. The lowest BCUT2D eigenvalue weighted by atomic mass is 10.5. The fourth-order valence-corrected chi connectivity index (χ4v) is 43.5. The van der Waals surface area contributed by atoms with E-state index in [1.54, 1.807) is 0 Å². The van der Waals surface area contributed by atoms with E-state index in [-0.39, 0.29) is 36.6 Å². The van der Waals surface area contributed by atoms with E-state index >= 15 is 0 Å². The van der Waals surface area contributed by atoms with Crippen LogP contribution in [-0.4, -0.2) is 207 Å². The van der Waals surface area contributed by atoms with Gasteiger partial charge in [0.05, 0.1) is 79.3 Å². The smallest absolute Gasteiger partial charge is 0.317 e. The second kappa shape index (κ2) is 26.0. The molecule has 0 aliphatic carbocycles. The first-order valence-electron chi connectivity index (χ1n) is 25.1. The highest BCUT2D eigenvalue weighted by Gasteiger charge is 2.57. The molecular formula is C42H84O18Si6. The lowest BCUT2D eigenvalue weighted by molar-refractivity contribution is 0.111. The summed E-state index contributed by atoms with van der Waals surface area (Å²) in [6.45, 7) is 25.1. The van der Waals surface area contributed by atoms with Crippen molar-refractivity contribution in [2.24, 2.45) is 0 Å². The van der Waals surface area contributed by atoms with Gasteiger partial charge in [-0.1, -0.05) is 0 Å². The van der Waals surface area contributed by atoms with E-state index in [2.05, 4.69) is 39.3 Å². The average molecular weight is 1050 g/mol. The van der Waals surface area contributed by atoms with E-state index in [1.807, 2.05) is 0 Å². The predicted octanol–water partition coefficient (Wildman–Crippen LogP) is 5.36. The Morgan fingerprint density at radius 3 is 0.530 bits per heavy atom. The zero-order chi connectivity index (χ0) is 46.4. The van der Waals surface area contributed by atoms with Crippen molar-refractivity contribution in [2.75, 3.05) is 119 Å². The molecule has 7 heterocycles. The maximum Gasteiger partial charge on any atom is 0.317 e. The minimum absolute atomic E-state index is 0.200. The van der Waals surface area contributed by atoms with Crippen LogP contribution in [0, 0.1) is 0 Å². The zero-order valence-corrected chi connectivity index (χ0v) is 47.0. The van der Waals surface area contributed by atoms with E-state index in [4.69, 9.17) is 81.5 Å². The summed E-state index contributed by atoms with van der Waals surface area (Å²) in [5, 5.41) is 0. The van der Waals surface area contributed by atoms with Crippen molar-refractivity contribution in [1.82, 2.24) is 0 Å². The molecule has 384 valence electrons. The largest absolute Gasteiger partial charge is 0.416 e. The highest BCUT2D eigenvalue weighted by molar-refractivity contribution is 6.94. The second-order valence-electron chi connectivity index (χ2n) is 20.2. The summed E-state index contributed by atoms with van der Waals surface area (Å²) >= 11 is 0. The lowest BCUT2D eigenvalue weighted by Gasteiger charge is -2.50. The summed E-state index contributed by atoms with van der Waals surface area (Å²) in [6.07, 6.45) is 5.87. The van der Waals surface area contributed by atoms with Gasteiger partial charge in [0.15, 0.2) is 0 Å². The Morgan fingerprint density at radius 1 is 0.273 bits per heavy atom. The van der Waals surface area contributed by atoms with Crippen molar-refractivity contribution in [3.05, 3.63) is 0 Å². The minimum atomic E-state index is -3.11. The van der Waals surface area contributed by atoms with E-state index in [0.717, 1.165) is 78.2 Å². The highest BCUT2D eigenvalue weighted by Crippen LogP contribution is 2.40. The molecule has 18 nitrogen and oxygen atoms in total. The Balaban J connectivity index is 1.17. The molecule has 24 heteroatoms. The van der Waals surface area contributed by atoms with Gasteiger partial charge in [0, 0.05) is 39.6 Å². The predicted molar refractivity (Wildman–Crippen MR) is 256 cm³/mol. The Morgan fingerprint density at radius 2 is 0.409 bits per heavy atom. The molecule has 7 fully saturated rings. The molecule has 0 spiro atoms. The summed E-state index contributed by atoms with van der Waals surface area (Å²) in [5.41, 5.74) is 0. The number of epoxide rings is 6. The van der Waals surface area contributed by atoms with Gasteiger partial charge in [0.2, 0.25) is 0 Å². The zero-order valence-electron chi connectivity index (χ0n) is 41.0. The molecule has 66 heavy (non-hydrogen) atoms. The molecule has 0 N–H and O–H groups in total. The Labute approximate surface area is 400 Å². The van der Waals surface area contributed by atoms with Crippen LogP contribution in [0.15, 0.2) is 0 Å². The fraction of sp³-hybridized carbons (Fsp3) is 1.00. The monoisotopic (exact) mass is 1040 g/mol. The van der Waals surface area contributed by atoms with Gasteiger partial charge >= 0.3 is 51.4 Å². The average Bonchev–Trinajstić information content (AvgIpc) is 4.01. The van der Waals surface area contributed by atoms with Crippen LogP contribution in [-0.2, 0) is 81.5 Å². The summed E-state index contributed by atoms with van der Waals surface area (Å²) in [6, 6.07) is 4.29. The molecule has 7 aliphatic rings. The molecule has 0 radical (unpaired) electrons. The molecule has 0 amide bonds. The van der Waals surface area contributed by atoms with Gasteiger partial charge in [0.1, 0.15) is 36.6 Å². The molecular weight excluding hydrogens is 961 g/mol. The first-order chi connectivity index (χ1) is 31.7. The van der Waals surface area contributed by atoms with Gasteiger partial charge in [0.25, 0.3) is 0 Å². The van der Waals surface area contributed by atoms with Crippen LogP contribution < -0.4 is 0 Å². The van der Waals surface area contributed by atoms with Crippen LogP contribution >= 0.6 is 0 Å². The van der Waals surface area contributed by atoms with Gasteiger partial charge < -0.3 is 81.5 Å². The Hall–Kier alpha value is 0.581. The third-order valence-corrected chi connectivity index (χ3v) is 40.6. The number of hydrogen-bond acceptors (Lipinski definition) is 18. The number of hydrogen-bond donors (Lipinski definition) is 0. The fourth-order valence-electron chi connectivity index (χ4n) is 8.72. The third-order valence-electron chi connectivity index (χ3n) is 12.3. The quantitative estimate of drug-likeness (QED) is 0.0443. The van der Waals surface area contributed by atoms with E-state index < -0.39 is 51.4 Å². The summed E-state index contributed by atoms with van der Waals surface area (Å²) < 4.78 is 116. The van der Waals surface area contributed by atoms with Crippen molar-refractivity contribution < 1.29 is 81.5 Å². The maximum absolute atomic E-state index is 7.74. The standard InChI is InChI=1S/C42H84O18Si6/c1-61(19-7-13-43-25-37-31-49-37)55-62(2,20-8-14-44-26-38-32-50-38)57-64(4,22-10-16-46-28-40-34-52-40)59-66(6,24-12-18-48-30-42-36-54-42)60-65(5,23-11-17-47-29-41-35-53-41)58-63(3,56-61)21-9-15-45-27-39-33-51-39/h37-42H,7-36H2,1-6H3. The van der Waals surface area contributed by atoms with E-state index in [1.165, 1.54) is 0 Å². The first-order valence-corrected chi connectivity index (χ1v) is 40.2. The molecule has 0 bridgehead atoms. The van der Waals surface area contributed by atoms with Gasteiger partial charge in [-0.2, -0.15) is 0 Å². The molecule has 0 aromatic carbocycles. The number of rotatable bonds is 36. The van der Waals surface area contributed by atoms with E-state index in [0.29, 0.717) is 116 Å². The highest BCUT2D eigenvalue weighted by atomic mass is 28.5. The molecule has 7 aliphatic heterocycles. The summed E-state index contributed by atoms with van der Waals surface area (Å²) in [5.74, 6) is 0. The van der Waals surface area contributed by atoms with Gasteiger partial charge in [-0.25, -0.2) is 0 Å². The molecule has 0 aromatic heterocycles. The molecule has 6 unspecified atom stereocenters. The van der Waals surface area contributed by atoms with Gasteiger partial charge in [-0.15, -0.1) is 0 Å². The molecule has 7 rings (SSSR count).